The molecule has 1 amide bonds. The maximum absolute atomic E-state index is 12.6. The molecule has 0 radical (unpaired) electrons. The Kier molecular flexibility index (Phi) is 5.94. The predicted molar refractivity (Wildman–Crippen MR) is 101 cm³/mol. The minimum atomic E-state index is -3.72. The summed E-state index contributed by atoms with van der Waals surface area (Å²) in [5, 5.41) is 1.94. The van der Waals surface area contributed by atoms with E-state index in [4.69, 9.17) is 14.9 Å². The van der Waals surface area contributed by atoms with E-state index in [0.717, 1.165) is 4.88 Å². The van der Waals surface area contributed by atoms with Crippen molar-refractivity contribution in [3.8, 4) is 5.75 Å². The van der Waals surface area contributed by atoms with Crippen LogP contribution in [0.2, 0.25) is 0 Å². The molecule has 0 spiro atoms. The molecule has 0 saturated heterocycles. The maximum Gasteiger partial charge on any atom is 0.255 e. The quantitative estimate of drug-likeness (QED) is 0.566. The molecule has 0 aliphatic rings. The van der Waals surface area contributed by atoms with Crippen molar-refractivity contribution < 1.29 is 22.4 Å². The van der Waals surface area contributed by atoms with E-state index in [1.165, 1.54) is 35.6 Å². The van der Waals surface area contributed by atoms with Gasteiger partial charge in [0.2, 0.25) is 10.0 Å². The van der Waals surface area contributed by atoms with E-state index >= 15 is 0 Å². The van der Waals surface area contributed by atoms with E-state index in [1.807, 2.05) is 23.6 Å². The van der Waals surface area contributed by atoms with Crippen LogP contribution in [0.25, 0.3) is 0 Å². The van der Waals surface area contributed by atoms with Gasteiger partial charge in [-0.2, -0.15) is 0 Å². The number of benzene rings is 1. The lowest BCUT2D eigenvalue weighted by atomic mass is 10.1. The monoisotopic (exact) mass is 406 g/mol. The maximum atomic E-state index is 12.6. The number of sulfonamides is 1. The highest BCUT2D eigenvalue weighted by molar-refractivity contribution is 7.89. The van der Waals surface area contributed by atoms with Gasteiger partial charge < -0.3 is 14.9 Å². The number of nitrogens with one attached hydrogen (secondary N) is 1. The third-order valence-electron chi connectivity index (χ3n) is 3.77. The van der Waals surface area contributed by atoms with Gasteiger partial charge in [-0.15, -0.1) is 11.3 Å². The summed E-state index contributed by atoms with van der Waals surface area (Å²) in [6.07, 6.45) is 1.56. The van der Waals surface area contributed by atoms with Crippen molar-refractivity contribution >= 4 is 27.3 Å². The molecule has 0 bridgehead atoms. The second kappa shape index (κ2) is 8.38. The molecule has 2 aromatic heterocycles. The number of nitrogens with two attached hydrogens (primary N) is 1. The highest BCUT2D eigenvalue weighted by Crippen LogP contribution is 2.28. The average molecular weight is 406 g/mol. The molecule has 0 unspecified atom stereocenters. The molecule has 0 aliphatic heterocycles. The summed E-state index contributed by atoms with van der Waals surface area (Å²) in [5.74, 6) is 0.231. The van der Waals surface area contributed by atoms with Gasteiger partial charge in [-0.25, -0.2) is 13.1 Å². The fourth-order valence-electron chi connectivity index (χ4n) is 2.47. The number of primary amides is 1. The van der Waals surface area contributed by atoms with Crippen molar-refractivity contribution in [2.45, 2.75) is 10.8 Å². The van der Waals surface area contributed by atoms with Crippen LogP contribution < -0.4 is 15.2 Å². The fourth-order valence-corrected chi connectivity index (χ4v) is 4.35. The van der Waals surface area contributed by atoms with Crippen molar-refractivity contribution in [3.63, 3.8) is 0 Å². The van der Waals surface area contributed by atoms with Crippen molar-refractivity contribution in [1.82, 2.24) is 4.72 Å². The van der Waals surface area contributed by atoms with Gasteiger partial charge in [-0.05, 0) is 47.8 Å². The summed E-state index contributed by atoms with van der Waals surface area (Å²) in [6, 6.07) is 13.2. The van der Waals surface area contributed by atoms with Crippen LogP contribution in [0.5, 0.6) is 5.75 Å². The van der Waals surface area contributed by atoms with Crippen LogP contribution in [0.1, 0.15) is 16.6 Å². The Balaban J connectivity index is 1.71. The van der Waals surface area contributed by atoms with Crippen molar-refractivity contribution in [2.24, 2.45) is 5.73 Å². The number of hydrogen-bond acceptors (Lipinski definition) is 6. The first-order valence-corrected chi connectivity index (χ1v) is 10.4. The Morgan fingerprint density at radius 2 is 1.96 bits per heavy atom. The van der Waals surface area contributed by atoms with Gasteiger partial charge >= 0.3 is 0 Å². The van der Waals surface area contributed by atoms with Gasteiger partial charge in [0.1, 0.15) is 11.5 Å². The lowest BCUT2D eigenvalue weighted by molar-refractivity contribution is -0.119. The number of amides is 1. The van der Waals surface area contributed by atoms with Crippen molar-refractivity contribution in [1.29, 1.82) is 0 Å². The standard InChI is InChI=1S/C18H18N2O5S2/c19-18(21)12-25-13-5-7-14(8-6-13)27(22,23)20-11-15(16-3-1-9-24-16)17-4-2-10-26-17/h1-10,15,20H,11-12H2,(H2,19,21)/t15-/m1/s1. The van der Waals surface area contributed by atoms with Crippen LogP contribution in [0.4, 0.5) is 0 Å². The predicted octanol–water partition coefficient (Wildman–Crippen LogP) is 2.32. The number of thiophene rings is 1. The third kappa shape index (κ3) is 4.97. The van der Waals surface area contributed by atoms with E-state index in [-0.39, 0.29) is 24.0 Å². The first kappa shape index (κ1) is 19.2. The number of rotatable bonds is 9. The van der Waals surface area contributed by atoms with Gasteiger partial charge in [0, 0.05) is 11.4 Å². The Morgan fingerprint density at radius 3 is 2.56 bits per heavy atom. The zero-order chi connectivity index (χ0) is 19.3. The van der Waals surface area contributed by atoms with E-state index in [0.29, 0.717) is 11.5 Å². The summed E-state index contributed by atoms with van der Waals surface area (Å²) in [5.41, 5.74) is 5.01. The Morgan fingerprint density at radius 1 is 1.19 bits per heavy atom. The highest BCUT2D eigenvalue weighted by atomic mass is 32.2. The van der Waals surface area contributed by atoms with Crippen molar-refractivity contribution in [3.05, 3.63) is 70.8 Å². The van der Waals surface area contributed by atoms with E-state index in [1.54, 1.807) is 12.3 Å². The minimum absolute atomic E-state index is 0.0956. The molecule has 3 rings (SSSR count). The normalized spacial score (nSPS) is 12.6. The smallest absolute Gasteiger partial charge is 0.255 e. The van der Waals surface area contributed by atoms with Crippen LogP contribution in [-0.4, -0.2) is 27.5 Å². The third-order valence-corrected chi connectivity index (χ3v) is 6.19. The average Bonchev–Trinajstić information content (AvgIpc) is 3.35. The lowest BCUT2D eigenvalue weighted by Crippen LogP contribution is -2.28. The van der Waals surface area contributed by atoms with E-state index < -0.39 is 15.9 Å². The molecule has 7 nitrogen and oxygen atoms in total. The summed E-state index contributed by atoms with van der Waals surface area (Å²) >= 11 is 1.54. The number of ether oxygens (including phenoxy) is 1. The number of carbonyl (C=O) groups is 1. The molecule has 142 valence electrons. The number of carbonyl (C=O) groups excluding carboxylic acids is 1. The number of furan rings is 1. The molecule has 27 heavy (non-hydrogen) atoms. The molecule has 9 heteroatoms. The molecule has 3 N–H and O–H groups in total. The Hall–Kier alpha value is -2.62. The largest absolute Gasteiger partial charge is 0.484 e. The topological polar surface area (TPSA) is 112 Å². The van der Waals surface area contributed by atoms with Crippen LogP contribution in [0, 0.1) is 0 Å². The van der Waals surface area contributed by atoms with E-state index in [9.17, 15) is 13.2 Å². The molecule has 3 aromatic rings. The molecular formula is C18H18N2O5S2. The molecule has 2 heterocycles. The highest BCUT2D eigenvalue weighted by Gasteiger charge is 2.22. The Bertz CT molecular complexity index is 931. The molecule has 1 aromatic carbocycles. The lowest BCUT2D eigenvalue weighted by Gasteiger charge is -2.14. The second-order valence-electron chi connectivity index (χ2n) is 5.66. The van der Waals surface area contributed by atoms with Crippen LogP contribution in [-0.2, 0) is 14.8 Å². The van der Waals surface area contributed by atoms with Gasteiger partial charge in [0.15, 0.2) is 6.61 Å². The summed E-state index contributed by atoms with van der Waals surface area (Å²) < 4.78 is 38.4. The molecular weight excluding hydrogens is 388 g/mol. The zero-order valence-electron chi connectivity index (χ0n) is 14.2. The van der Waals surface area contributed by atoms with Crippen LogP contribution >= 0.6 is 11.3 Å². The Labute approximate surface area is 160 Å². The van der Waals surface area contributed by atoms with Crippen LogP contribution in [0.3, 0.4) is 0 Å². The fraction of sp³-hybridized carbons (Fsp3) is 0.167. The SMILES string of the molecule is NC(=O)COc1ccc(S(=O)(=O)NC[C@H](c2ccco2)c2cccs2)cc1. The molecule has 0 aliphatic carbocycles. The first-order chi connectivity index (χ1) is 13.0. The number of hydrogen-bond donors (Lipinski definition) is 2. The van der Waals surface area contributed by atoms with Gasteiger partial charge in [0.25, 0.3) is 5.91 Å². The zero-order valence-corrected chi connectivity index (χ0v) is 15.8. The minimum Gasteiger partial charge on any atom is -0.484 e. The van der Waals surface area contributed by atoms with Crippen molar-refractivity contribution in [2.75, 3.05) is 13.2 Å². The second-order valence-corrected chi connectivity index (χ2v) is 8.41. The van der Waals surface area contributed by atoms with Gasteiger partial charge in [-0.3, -0.25) is 4.79 Å². The molecule has 0 saturated carbocycles. The molecule has 1 atom stereocenters. The van der Waals surface area contributed by atoms with Crippen LogP contribution in [0.15, 0.2) is 69.5 Å². The van der Waals surface area contributed by atoms with E-state index in [2.05, 4.69) is 4.72 Å². The first-order valence-electron chi connectivity index (χ1n) is 8.03. The summed E-state index contributed by atoms with van der Waals surface area (Å²) in [6.45, 7) is -0.105. The van der Waals surface area contributed by atoms with Gasteiger partial charge in [0.05, 0.1) is 17.1 Å². The van der Waals surface area contributed by atoms with Gasteiger partial charge in [-0.1, -0.05) is 6.07 Å². The summed E-state index contributed by atoms with van der Waals surface area (Å²) in [4.78, 5) is 11.8. The molecule has 0 fully saturated rings. The summed E-state index contributed by atoms with van der Waals surface area (Å²) in [7, 11) is -3.72.